The minimum Gasteiger partial charge on any atom is -0.504 e. The van der Waals surface area contributed by atoms with E-state index in [0.717, 1.165) is 0 Å². The van der Waals surface area contributed by atoms with Crippen molar-refractivity contribution < 1.29 is 23.8 Å². The van der Waals surface area contributed by atoms with Crippen LogP contribution in [0.4, 0.5) is 4.39 Å². The van der Waals surface area contributed by atoms with Crippen molar-refractivity contribution in [2.24, 2.45) is 0 Å². The van der Waals surface area contributed by atoms with Crippen LogP contribution in [0.3, 0.4) is 0 Å². The van der Waals surface area contributed by atoms with Crippen molar-refractivity contribution >= 4 is 23.2 Å². The van der Waals surface area contributed by atoms with Crippen molar-refractivity contribution in [2.45, 2.75) is 0 Å². The standard InChI is InChI=1S/C16H11FO4S/c1-20-16-10(18)6-12-14(15(16)19)13(22)7-11(21-12)8-3-2-4-9(17)5-8/h2-7,18-19H,1H3. The quantitative estimate of drug-likeness (QED) is 0.686. The van der Waals surface area contributed by atoms with E-state index in [1.54, 1.807) is 12.1 Å². The molecule has 0 aliphatic carbocycles. The zero-order valence-electron chi connectivity index (χ0n) is 11.5. The Morgan fingerprint density at radius 1 is 1.18 bits per heavy atom. The summed E-state index contributed by atoms with van der Waals surface area (Å²) in [5, 5.41) is 20.2. The molecule has 1 heterocycles. The molecular formula is C16H11FO4S. The number of methoxy groups -OCH3 is 1. The predicted molar refractivity (Wildman–Crippen MR) is 82.3 cm³/mol. The monoisotopic (exact) mass is 318 g/mol. The molecule has 0 bridgehead atoms. The number of halogens is 1. The molecule has 0 saturated carbocycles. The smallest absolute Gasteiger partial charge is 0.203 e. The summed E-state index contributed by atoms with van der Waals surface area (Å²) in [6, 6.07) is 8.67. The van der Waals surface area contributed by atoms with Gasteiger partial charge in [-0.2, -0.15) is 0 Å². The number of rotatable bonds is 2. The number of phenols is 2. The highest BCUT2D eigenvalue weighted by atomic mass is 32.1. The minimum absolute atomic E-state index is 0.0766. The molecule has 0 aliphatic rings. The highest BCUT2D eigenvalue weighted by Gasteiger charge is 2.17. The van der Waals surface area contributed by atoms with E-state index in [1.165, 1.54) is 31.4 Å². The number of ether oxygens (including phenoxy) is 1. The van der Waals surface area contributed by atoms with Gasteiger partial charge in [0.1, 0.15) is 17.2 Å². The van der Waals surface area contributed by atoms with Gasteiger partial charge in [0.2, 0.25) is 5.75 Å². The molecule has 0 radical (unpaired) electrons. The fourth-order valence-corrected chi connectivity index (χ4v) is 2.56. The molecular weight excluding hydrogens is 307 g/mol. The predicted octanol–water partition coefficient (Wildman–Crippen LogP) is 4.39. The molecule has 0 fully saturated rings. The molecule has 0 spiro atoms. The van der Waals surface area contributed by atoms with E-state index >= 15 is 0 Å². The molecule has 112 valence electrons. The first-order chi connectivity index (χ1) is 10.5. The van der Waals surface area contributed by atoms with Gasteiger partial charge in [0.25, 0.3) is 0 Å². The lowest BCUT2D eigenvalue weighted by Gasteiger charge is -2.10. The number of benzene rings is 2. The molecule has 0 amide bonds. The topological polar surface area (TPSA) is 62.8 Å². The number of phenolic OH excluding ortho intramolecular Hbond substituents is 2. The van der Waals surface area contributed by atoms with Crippen molar-refractivity contribution in [2.75, 3.05) is 7.11 Å². The van der Waals surface area contributed by atoms with Crippen LogP contribution in [-0.4, -0.2) is 17.3 Å². The number of hydrogen-bond acceptors (Lipinski definition) is 5. The third-order valence-corrected chi connectivity index (χ3v) is 3.56. The van der Waals surface area contributed by atoms with Gasteiger partial charge in [-0.1, -0.05) is 24.4 Å². The Hall–Kier alpha value is -2.60. The highest BCUT2D eigenvalue weighted by Crippen LogP contribution is 2.43. The Labute approximate surface area is 130 Å². The second kappa shape index (κ2) is 5.31. The molecule has 0 unspecified atom stereocenters. The minimum atomic E-state index is -0.404. The molecule has 3 rings (SSSR count). The second-order valence-corrected chi connectivity index (χ2v) is 5.08. The summed E-state index contributed by atoms with van der Waals surface area (Å²) in [6.07, 6.45) is 0. The normalized spacial score (nSPS) is 10.8. The lowest BCUT2D eigenvalue weighted by molar-refractivity contribution is 0.346. The maximum absolute atomic E-state index is 13.3. The maximum atomic E-state index is 13.3. The van der Waals surface area contributed by atoms with Crippen LogP contribution in [0.15, 0.2) is 40.8 Å². The van der Waals surface area contributed by atoms with Crippen LogP contribution in [0.25, 0.3) is 22.3 Å². The largest absolute Gasteiger partial charge is 0.504 e. The molecule has 2 N–H and O–H groups in total. The number of fused-ring (bicyclic) bond motifs is 1. The molecule has 0 saturated heterocycles. The first kappa shape index (κ1) is 14.3. The SMILES string of the molecule is COc1c(O)cc2oc(-c3cccc(F)c3)cc(=S)c2c1O. The van der Waals surface area contributed by atoms with E-state index in [4.69, 9.17) is 21.4 Å². The van der Waals surface area contributed by atoms with Crippen LogP contribution in [-0.2, 0) is 0 Å². The Balaban J connectivity index is 2.32. The summed E-state index contributed by atoms with van der Waals surface area (Å²) < 4.78 is 24.2. The van der Waals surface area contributed by atoms with Gasteiger partial charge in [-0.25, -0.2) is 4.39 Å². The summed E-state index contributed by atoms with van der Waals surface area (Å²) in [5.41, 5.74) is 0.686. The van der Waals surface area contributed by atoms with Crippen LogP contribution >= 0.6 is 12.2 Å². The summed E-state index contributed by atoms with van der Waals surface area (Å²) in [6.45, 7) is 0. The molecule has 4 nitrogen and oxygen atoms in total. The zero-order chi connectivity index (χ0) is 15.9. The van der Waals surface area contributed by atoms with E-state index in [0.29, 0.717) is 15.8 Å². The summed E-state index contributed by atoms with van der Waals surface area (Å²) >= 11 is 5.26. The van der Waals surface area contributed by atoms with Gasteiger partial charge in [-0.15, -0.1) is 0 Å². The van der Waals surface area contributed by atoms with Gasteiger partial charge >= 0.3 is 0 Å². The summed E-state index contributed by atoms with van der Waals surface area (Å²) in [4.78, 5) is 0. The van der Waals surface area contributed by atoms with Crippen molar-refractivity contribution in [1.29, 1.82) is 0 Å². The van der Waals surface area contributed by atoms with E-state index in [1.807, 2.05) is 0 Å². The van der Waals surface area contributed by atoms with Crippen molar-refractivity contribution in [3.63, 3.8) is 0 Å². The van der Waals surface area contributed by atoms with Gasteiger partial charge in [0, 0.05) is 17.7 Å². The zero-order valence-corrected chi connectivity index (χ0v) is 12.3. The average molecular weight is 318 g/mol. The molecule has 1 aromatic heterocycles. The van der Waals surface area contributed by atoms with Crippen molar-refractivity contribution in [3.05, 3.63) is 46.7 Å². The van der Waals surface area contributed by atoms with E-state index < -0.39 is 5.82 Å². The van der Waals surface area contributed by atoms with Crippen LogP contribution in [0.5, 0.6) is 17.2 Å². The van der Waals surface area contributed by atoms with Crippen LogP contribution in [0.2, 0.25) is 0 Å². The first-order valence-corrected chi connectivity index (χ1v) is 6.75. The maximum Gasteiger partial charge on any atom is 0.203 e. The third kappa shape index (κ3) is 2.27. The molecule has 3 aromatic rings. The van der Waals surface area contributed by atoms with Crippen LogP contribution < -0.4 is 4.74 Å². The Kier molecular flexibility index (Phi) is 3.46. The fraction of sp³-hybridized carbons (Fsp3) is 0.0625. The van der Waals surface area contributed by atoms with E-state index in [9.17, 15) is 14.6 Å². The second-order valence-electron chi connectivity index (χ2n) is 4.64. The van der Waals surface area contributed by atoms with Crippen LogP contribution in [0, 0.1) is 10.3 Å². The Bertz CT molecular complexity index is 933. The molecule has 0 atom stereocenters. The van der Waals surface area contributed by atoms with Gasteiger partial charge < -0.3 is 19.4 Å². The van der Waals surface area contributed by atoms with Crippen molar-refractivity contribution in [3.8, 4) is 28.6 Å². The molecule has 22 heavy (non-hydrogen) atoms. The Morgan fingerprint density at radius 3 is 2.64 bits per heavy atom. The summed E-state index contributed by atoms with van der Waals surface area (Å²) in [5.74, 6) is -0.716. The molecule has 2 aromatic carbocycles. The molecule has 0 aliphatic heterocycles. The van der Waals surface area contributed by atoms with Gasteiger partial charge in [0.05, 0.1) is 17.0 Å². The lowest BCUT2D eigenvalue weighted by Crippen LogP contribution is -1.88. The Morgan fingerprint density at radius 2 is 1.95 bits per heavy atom. The lowest BCUT2D eigenvalue weighted by atomic mass is 10.1. The fourth-order valence-electron chi connectivity index (χ4n) is 2.26. The third-order valence-electron chi connectivity index (χ3n) is 3.24. The van der Waals surface area contributed by atoms with Crippen LogP contribution in [0.1, 0.15) is 0 Å². The average Bonchev–Trinajstić information content (AvgIpc) is 2.46. The van der Waals surface area contributed by atoms with E-state index in [2.05, 4.69) is 0 Å². The first-order valence-electron chi connectivity index (χ1n) is 6.34. The summed E-state index contributed by atoms with van der Waals surface area (Å²) in [7, 11) is 1.32. The molecule has 6 heteroatoms. The highest BCUT2D eigenvalue weighted by molar-refractivity contribution is 7.71. The number of hydrogen-bond donors (Lipinski definition) is 2. The number of aromatic hydroxyl groups is 2. The van der Waals surface area contributed by atoms with Gasteiger partial charge in [0.15, 0.2) is 11.5 Å². The van der Waals surface area contributed by atoms with Gasteiger partial charge in [-0.05, 0) is 12.1 Å². The van der Waals surface area contributed by atoms with Crippen molar-refractivity contribution in [1.82, 2.24) is 0 Å². The van der Waals surface area contributed by atoms with Gasteiger partial charge in [-0.3, -0.25) is 0 Å². The van der Waals surface area contributed by atoms with E-state index in [-0.39, 0.29) is 28.2 Å².